The number of aromatic nitrogens is 6. The van der Waals surface area contributed by atoms with E-state index in [0.717, 1.165) is 48.9 Å². The highest BCUT2D eigenvalue weighted by Gasteiger charge is 2.39. The molecule has 2 atom stereocenters. The fourth-order valence-electron chi connectivity index (χ4n) is 4.67. The second kappa shape index (κ2) is 9.42. The van der Waals surface area contributed by atoms with Gasteiger partial charge in [0.25, 0.3) is 0 Å². The van der Waals surface area contributed by atoms with Crippen molar-refractivity contribution in [3.63, 3.8) is 0 Å². The molecule has 0 amide bonds. The van der Waals surface area contributed by atoms with Crippen LogP contribution in [0.1, 0.15) is 60.7 Å². The van der Waals surface area contributed by atoms with Gasteiger partial charge in [0.2, 0.25) is 0 Å². The zero-order valence-corrected chi connectivity index (χ0v) is 20.0. The Morgan fingerprint density at radius 1 is 1.15 bits per heavy atom. The molecule has 5 rings (SSSR count). The molecule has 10 heteroatoms. The third-order valence-corrected chi connectivity index (χ3v) is 7.02. The van der Waals surface area contributed by atoms with Crippen molar-refractivity contribution in [2.24, 2.45) is 7.05 Å². The molecule has 9 nitrogen and oxygen atoms in total. The molecule has 2 saturated heterocycles. The highest BCUT2D eigenvalue weighted by molar-refractivity contribution is 5.27. The van der Waals surface area contributed by atoms with Crippen molar-refractivity contribution in [2.75, 3.05) is 26.7 Å². The number of rotatable bonds is 6. The van der Waals surface area contributed by atoms with Gasteiger partial charge in [-0.25, -0.2) is 9.07 Å². The average molecular weight is 470 g/mol. The first-order valence-electron chi connectivity index (χ1n) is 11.9. The maximum Gasteiger partial charge on any atom is 0.170 e. The van der Waals surface area contributed by atoms with Crippen molar-refractivity contribution in [1.29, 1.82) is 0 Å². The fourth-order valence-corrected chi connectivity index (χ4v) is 4.67. The van der Waals surface area contributed by atoms with Crippen molar-refractivity contribution in [2.45, 2.75) is 57.0 Å². The smallest absolute Gasteiger partial charge is 0.170 e. The molecular weight excluding hydrogens is 437 g/mol. The Balaban J connectivity index is 1.18. The standard InChI is InChI=1S/C24H32FN7O2/c1-17-5-4-6-19(13-17)33-16-22-27-28-23(31(22)3)20-8-7-18(15-34-20)32-14-21(26-29-32)24(25)9-11-30(2)12-10-24/h4-6,13-14,18,20H,7-12,15-16H2,1-3H3/t18-,20+/m1/s1. The van der Waals surface area contributed by atoms with Crippen molar-refractivity contribution in [3.8, 4) is 5.75 Å². The summed E-state index contributed by atoms with van der Waals surface area (Å²) in [5, 5.41) is 17.1. The maximum absolute atomic E-state index is 15.4. The molecule has 2 aliphatic heterocycles. The average Bonchev–Trinajstić information content (AvgIpc) is 3.48. The number of halogens is 1. The van der Waals surface area contributed by atoms with Gasteiger partial charge in [0.1, 0.15) is 24.2 Å². The summed E-state index contributed by atoms with van der Waals surface area (Å²) in [4.78, 5) is 2.14. The van der Waals surface area contributed by atoms with Crippen LogP contribution in [0.25, 0.3) is 0 Å². The molecule has 0 saturated carbocycles. The maximum atomic E-state index is 15.4. The van der Waals surface area contributed by atoms with Gasteiger partial charge in [-0.1, -0.05) is 17.3 Å². The van der Waals surface area contributed by atoms with E-state index >= 15 is 4.39 Å². The van der Waals surface area contributed by atoms with Crippen molar-refractivity contribution < 1.29 is 13.9 Å². The lowest BCUT2D eigenvalue weighted by molar-refractivity contribution is -0.0226. The van der Waals surface area contributed by atoms with E-state index < -0.39 is 5.67 Å². The van der Waals surface area contributed by atoms with Crippen molar-refractivity contribution in [1.82, 2.24) is 34.7 Å². The Kier molecular flexibility index (Phi) is 6.35. The van der Waals surface area contributed by atoms with Gasteiger partial charge >= 0.3 is 0 Å². The largest absolute Gasteiger partial charge is 0.486 e. The summed E-state index contributed by atoms with van der Waals surface area (Å²) in [5.74, 6) is 2.34. The number of ether oxygens (including phenoxy) is 2. The number of hydrogen-bond donors (Lipinski definition) is 0. The number of piperidine rings is 1. The zero-order chi connectivity index (χ0) is 23.7. The second-order valence-corrected chi connectivity index (χ2v) is 9.54. The molecular formula is C24H32FN7O2. The molecule has 0 aliphatic carbocycles. The number of likely N-dealkylation sites (tertiary alicyclic amines) is 1. The minimum atomic E-state index is -1.39. The predicted octanol–water partition coefficient (Wildman–Crippen LogP) is 3.28. The topological polar surface area (TPSA) is 83.1 Å². The van der Waals surface area contributed by atoms with Gasteiger partial charge in [0.15, 0.2) is 17.3 Å². The van der Waals surface area contributed by atoms with E-state index in [4.69, 9.17) is 9.47 Å². The van der Waals surface area contributed by atoms with Crippen LogP contribution in [0.15, 0.2) is 30.5 Å². The summed E-state index contributed by atoms with van der Waals surface area (Å²) in [6.07, 6.45) is 4.14. The van der Waals surface area contributed by atoms with E-state index in [1.807, 2.05) is 49.9 Å². The molecule has 2 fully saturated rings. The Hall–Kier alpha value is -2.85. The normalized spacial score (nSPS) is 23.2. The highest BCUT2D eigenvalue weighted by atomic mass is 19.1. The van der Waals surface area contributed by atoms with Crippen LogP contribution in [-0.4, -0.2) is 61.4 Å². The molecule has 34 heavy (non-hydrogen) atoms. The molecule has 1 aromatic carbocycles. The summed E-state index contributed by atoms with van der Waals surface area (Å²) in [6, 6.07) is 7.96. The van der Waals surface area contributed by atoms with Gasteiger partial charge in [0, 0.05) is 33.0 Å². The molecule has 0 N–H and O–H groups in total. The minimum absolute atomic E-state index is 0.0321. The van der Waals surface area contributed by atoms with E-state index in [1.165, 1.54) is 0 Å². The highest BCUT2D eigenvalue weighted by Crippen LogP contribution is 2.37. The molecule has 0 spiro atoms. The molecule has 2 aromatic heterocycles. The molecule has 4 heterocycles. The SMILES string of the molecule is Cc1cccc(OCc2nnc([C@@H]3CC[C@@H](n4cc(C5(F)CCN(C)CC5)nn4)CO3)n2C)c1. The summed E-state index contributed by atoms with van der Waals surface area (Å²) < 4.78 is 31.1. The Bertz CT molecular complexity index is 1110. The van der Waals surface area contributed by atoms with Crippen molar-refractivity contribution in [3.05, 3.63) is 53.4 Å². The number of alkyl halides is 1. The molecule has 2 aliphatic rings. The van der Waals surface area contributed by atoms with Crippen LogP contribution in [0.2, 0.25) is 0 Å². The van der Waals surface area contributed by atoms with Crippen LogP contribution >= 0.6 is 0 Å². The van der Waals surface area contributed by atoms with E-state index in [9.17, 15) is 0 Å². The predicted molar refractivity (Wildman–Crippen MR) is 123 cm³/mol. The summed E-state index contributed by atoms with van der Waals surface area (Å²) in [5.41, 5.74) is 0.196. The van der Waals surface area contributed by atoms with E-state index in [0.29, 0.717) is 31.7 Å². The second-order valence-electron chi connectivity index (χ2n) is 9.54. The van der Waals surface area contributed by atoms with Gasteiger partial charge < -0.3 is 18.9 Å². The van der Waals surface area contributed by atoms with Crippen LogP contribution in [0.4, 0.5) is 4.39 Å². The van der Waals surface area contributed by atoms with E-state index in [2.05, 4.69) is 25.4 Å². The monoisotopic (exact) mass is 469 g/mol. The van der Waals surface area contributed by atoms with Gasteiger partial charge in [-0.3, -0.25) is 0 Å². The first-order valence-corrected chi connectivity index (χ1v) is 11.9. The quantitative estimate of drug-likeness (QED) is 0.548. The van der Waals surface area contributed by atoms with Crippen LogP contribution in [0.5, 0.6) is 5.75 Å². The number of aryl methyl sites for hydroxylation is 1. The lowest BCUT2D eigenvalue weighted by atomic mass is 9.91. The lowest BCUT2D eigenvalue weighted by Gasteiger charge is -2.33. The van der Waals surface area contributed by atoms with Crippen LogP contribution < -0.4 is 4.74 Å². The van der Waals surface area contributed by atoms with Gasteiger partial charge in [-0.15, -0.1) is 15.3 Å². The van der Waals surface area contributed by atoms with Crippen LogP contribution in [0.3, 0.4) is 0 Å². The van der Waals surface area contributed by atoms with Gasteiger partial charge in [-0.2, -0.15) is 0 Å². The molecule has 182 valence electrons. The summed E-state index contributed by atoms with van der Waals surface area (Å²) in [6.45, 7) is 4.30. The zero-order valence-electron chi connectivity index (χ0n) is 20.0. The molecule has 0 radical (unpaired) electrons. The Morgan fingerprint density at radius 2 is 1.97 bits per heavy atom. The fraction of sp³-hybridized carbons (Fsp3) is 0.583. The molecule has 0 unspecified atom stereocenters. The summed E-state index contributed by atoms with van der Waals surface area (Å²) in [7, 11) is 3.95. The Morgan fingerprint density at radius 3 is 2.71 bits per heavy atom. The molecule has 0 bridgehead atoms. The van der Waals surface area contributed by atoms with Crippen LogP contribution in [0, 0.1) is 6.92 Å². The molecule has 3 aromatic rings. The van der Waals surface area contributed by atoms with Gasteiger partial charge in [0.05, 0.1) is 18.8 Å². The minimum Gasteiger partial charge on any atom is -0.486 e. The Labute approximate surface area is 198 Å². The first-order chi connectivity index (χ1) is 16.4. The first kappa shape index (κ1) is 22.9. The van der Waals surface area contributed by atoms with Crippen molar-refractivity contribution >= 4 is 0 Å². The van der Waals surface area contributed by atoms with E-state index in [-0.39, 0.29) is 12.1 Å². The third-order valence-electron chi connectivity index (χ3n) is 7.02. The third kappa shape index (κ3) is 4.69. The number of benzene rings is 1. The van der Waals surface area contributed by atoms with E-state index in [1.54, 1.807) is 10.9 Å². The number of nitrogens with zero attached hydrogens (tertiary/aromatic N) is 7. The lowest BCUT2D eigenvalue weighted by Crippen LogP contribution is -2.38. The number of hydrogen-bond acceptors (Lipinski definition) is 7. The van der Waals surface area contributed by atoms with Gasteiger partial charge in [-0.05, 0) is 44.5 Å². The van der Waals surface area contributed by atoms with Crippen LogP contribution in [-0.2, 0) is 24.1 Å². The summed E-state index contributed by atoms with van der Waals surface area (Å²) >= 11 is 0.